The van der Waals surface area contributed by atoms with Gasteiger partial charge in [-0.15, -0.1) is 0 Å². The van der Waals surface area contributed by atoms with E-state index in [1.807, 2.05) is 53.4 Å². The standard InChI is InChI=1S/C30H36ClN5O2S/c1-3-4-15-29(38)36-17-16-35(20-22(36)2)27-19-26(31)33-30(34-27)39-21-28(37)32-25(24-13-9-6-10-14-24)18-23-11-7-5-8-12-23/h5-14,19,22,25H,3-4,15-18,20-21H2,1-2H3,(H,32,37). The Morgan fingerprint density at radius 3 is 2.49 bits per heavy atom. The highest BCUT2D eigenvalue weighted by Gasteiger charge is 2.28. The molecular weight excluding hydrogens is 530 g/mol. The van der Waals surface area contributed by atoms with E-state index in [0.717, 1.165) is 29.8 Å². The number of carbonyl (C=O) groups excluding carboxylic acids is 2. The number of anilines is 1. The average Bonchev–Trinajstić information content (AvgIpc) is 2.95. The first-order chi connectivity index (χ1) is 18.9. The van der Waals surface area contributed by atoms with Gasteiger partial charge in [-0.25, -0.2) is 9.97 Å². The van der Waals surface area contributed by atoms with Crippen molar-refractivity contribution in [1.29, 1.82) is 0 Å². The van der Waals surface area contributed by atoms with Crippen molar-refractivity contribution in [3.05, 3.63) is 83.0 Å². The number of carbonyl (C=O) groups is 2. The number of unbranched alkanes of at least 4 members (excludes halogenated alkanes) is 1. The Labute approximate surface area is 240 Å². The van der Waals surface area contributed by atoms with Gasteiger partial charge < -0.3 is 15.1 Å². The van der Waals surface area contributed by atoms with Crippen LogP contribution in [0.25, 0.3) is 0 Å². The summed E-state index contributed by atoms with van der Waals surface area (Å²) in [6.07, 6.45) is 3.22. The second-order valence-corrected chi connectivity index (χ2v) is 11.2. The Kier molecular flexibility index (Phi) is 10.6. The van der Waals surface area contributed by atoms with Crippen LogP contribution < -0.4 is 10.2 Å². The van der Waals surface area contributed by atoms with Gasteiger partial charge in [-0.2, -0.15) is 0 Å². The van der Waals surface area contributed by atoms with Crippen molar-refractivity contribution in [3.8, 4) is 0 Å². The molecule has 3 aromatic rings. The number of nitrogens with one attached hydrogen (secondary N) is 1. The van der Waals surface area contributed by atoms with Crippen LogP contribution in [0.5, 0.6) is 0 Å². The predicted octanol–water partition coefficient (Wildman–Crippen LogP) is 5.55. The Morgan fingerprint density at radius 2 is 1.79 bits per heavy atom. The van der Waals surface area contributed by atoms with Crippen LogP contribution in [-0.4, -0.2) is 58.1 Å². The number of hydrogen-bond acceptors (Lipinski definition) is 6. The van der Waals surface area contributed by atoms with E-state index >= 15 is 0 Å². The zero-order valence-electron chi connectivity index (χ0n) is 22.6. The molecule has 2 amide bonds. The van der Waals surface area contributed by atoms with Gasteiger partial charge in [0.15, 0.2) is 5.16 Å². The SMILES string of the molecule is CCCCC(=O)N1CCN(c2cc(Cl)nc(SCC(=O)NC(Cc3ccccc3)c3ccccc3)n2)CC1C. The molecule has 0 aliphatic carbocycles. The van der Waals surface area contributed by atoms with Crippen molar-refractivity contribution >= 4 is 41.0 Å². The molecular formula is C30H36ClN5O2S. The largest absolute Gasteiger partial charge is 0.353 e. The van der Waals surface area contributed by atoms with Crippen LogP contribution in [0.4, 0.5) is 5.82 Å². The van der Waals surface area contributed by atoms with Crippen molar-refractivity contribution in [1.82, 2.24) is 20.2 Å². The van der Waals surface area contributed by atoms with E-state index in [1.165, 1.54) is 11.8 Å². The number of piperazine rings is 1. The quantitative estimate of drug-likeness (QED) is 0.187. The number of halogens is 1. The van der Waals surface area contributed by atoms with Crippen LogP contribution in [0.15, 0.2) is 71.9 Å². The van der Waals surface area contributed by atoms with Gasteiger partial charge in [0.25, 0.3) is 0 Å². The number of thioether (sulfide) groups is 1. The van der Waals surface area contributed by atoms with Crippen molar-refractivity contribution in [2.24, 2.45) is 0 Å². The lowest BCUT2D eigenvalue weighted by molar-refractivity contribution is -0.133. The fourth-order valence-electron chi connectivity index (χ4n) is 4.77. The molecule has 1 fully saturated rings. The number of benzene rings is 2. The van der Waals surface area contributed by atoms with E-state index < -0.39 is 0 Å². The van der Waals surface area contributed by atoms with Crippen molar-refractivity contribution in [2.75, 3.05) is 30.3 Å². The second-order valence-electron chi connectivity index (χ2n) is 9.83. The maximum absolute atomic E-state index is 13.0. The minimum atomic E-state index is -0.143. The molecule has 0 radical (unpaired) electrons. The Balaban J connectivity index is 1.37. The molecule has 39 heavy (non-hydrogen) atoms. The fraction of sp³-hybridized carbons (Fsp3) is 0.400. The minimum Gasteiger partial charge on any atom is -0.353 e. The molecule has 2 atom stereocenters. The average molecular weight is 566 g/mol. The second kappa shape index (κ2) is 14.3. The first-order valence-corrected chi connectivity index (χ1v) is 14.9. The van der Waals surface area contributed by atoms with Gasteiger partial charge in [0.2, 0.25) is 11.8 Å². The molecule has 1 aliphatic heterocycles. The van der Waals surface area contributed by atoms with Gasteiger partial charge in [0.05, 0.1) is 11.8 Å². The highest BCUT2D eigenvalue weighted by atomic mass is 35.5. The van der Waals surface area contributed by atoms with Crippen LogP contribution in [0.3, 0.4) is 0 Å². The summed E-state index contributed by atoms with van der Waals surface area (Å²) < 4.78 is 0. The molecule has 1 aromatic heterocycles. The van der Waals surface area contributed by atoms with E-state index in [1.54, 1.807) is 6.07 Å². The summed E-state index contributed by atoms with van der Waals surface area (Å²) in [6, 6.07) is 21.8. The molecule has 0 saturated carbocycles. The van der Waals surface area contributed by atoms with Crippen LogP contribution in [0.2, 0.25) is 5.15 Å². The van der Waals surface area contributed by atoms with Crippen LogP contribution in [-0.2, 0) is 16.0 Å². The normalized spacial score (nSPS) is 16.1. The first-order valence-electron chi connectivity index (χ1n) is 13.5. The topological polar surface area (TPSA) is 78.4 Å². The molecule has 1 N–H and O–H groups in total. The zero-order valence-corrected chi connectivity index (χ0v) is 24.1. The minimum absolute atomic E-state index is 0.0817. The lowest BCUT2D eigenvalue weighted by Crippen LogP contribution is -2.54. The number of amides is 2. The van der Waals surface area contributed by atoms with E-state index in [4.69, 9.17) is 16.6 Å². The van der Waals surface area contributed by atoms with Gasteiger partial charge in [-0.1, -0.05) is 97.4 Å². The van der Waals surface area contributed by atoms with Crippen LogP contribution >= 0.6 is 23.4 Å². The summed E-state index contributed by atoms with van der Waals surface area (Å²) in [5, 5.41) is 3.98. The Hall–Kier alpha value is -3.10. The molecule has 2 aromatic carbocycles. The number of aromatic nitrogens is 2. The van der Waals surface area contributed by atoms with Crippen molar-refractivity contribution in [2.45, 2.75) is 56.8 Å². The van der Waals surface area contributed by atoms with E-state index in [9.17, 15) is 9.59 Å². The molecule has 9 heteroatoms. The molecule has 7 nitrogen and oxygen atoms in total. The first kappa shape index (κ1) is 28.9. The smallest absolute Gasteiger partial charge is 0.230 e. The predicted molar refractivity (Wildman–Crippen MR) is 158 cm³/mol. The molecule has 4 rings (SSSR count). The lowest BCUT2D eigenvalue weighted by atomic mass is 9.99. The third kappa shape index (κ3) is 8.44. The van der Waals surface area contributed by atoms with E-state index in [-0.39, 0.29) is 29.7 Å². The van der Waals surface area contributed by atoms with E-state index in [0.29, 0.717) is 42.8 Å². The van der Waals surface area contributed by atoms with Crippen molar-refractivity contribution in [3.63, 3.8) is 0 Å². The van der Waals surface area contributed by atoms with Gasteiger partial charge in [-0.05, 0) is 30.9 Å². The van der Waals surface area contributed by atoms with Gasteiger partial charge in [0.1, 0.15) is 11.0 Å². The van der Waals surface area contributed by atoms with Gasteiger partial charge >= 0.3 is 0 Å². The maximum Gasteiger partial charge on any atom is 0.230 e. The summed E-state index contributed by atoms with van der Waals surface area (Å²) in [6.45, 7) is 6.17. The molecule has 2 heterocycles. The Bertz CT molecular complexity index is 1230. The highest BCUT2D eigenvalue weighted by Crippen LogP contribution is 2.25. The molecule has 0 spiro atoms. The molecule has 0 bridgehead atoms. The highest BCUT2D eigenvalue weighted by molar-refractivity contribution is 7.99. The number of rotatable bonds is 11. The number of hydrogen-bond donors (Lipinski definition) is 1. The molecule has 206 valence electrons. The third-order valence-electron chi connectivity index (χ3n) is 6.83. The summed E-state index contributed by atoms with van der Waals surface area (Å²) >= 11 is 7.63. The van der Waals surface area contributed by atoms with Crippen molar-refractivity contribution < 1.29 is 9.59 Å². The van der Waals surface area contributed by atoms with Gasteiger partial charge in [-0.3, -0.25) is 9.59 Å². The van der Waals surface area contributed by atoms with E-state index in [2.05, 4.69) is 41.2 Å². The maximum atomic E-state index is 13.0. The summed E-state index contributed by atoms with van der Waals surface area (Å²) in [4.78, 5) is 38.7. The Morgan fingerprint density at radius 1 is 1.08 bits per heavy atom. The monoisotopic (exact) mass is 565 g/mol. The zero-order chi connectivity index (χ0) is 27.6. The fourth-order valence-corrected chi connectivity index (χ4v) is 5.67. The van der Waals surface area contributed by atoms with Gasteiger partial charge in [0, 0.05) is 38.2 Å². The molecule has 1 aliphatic rings. The summed E-state index contributed by atoms with van der Waals surface area (Å²) in [7, 11) is 0. The lowest BCUT2D eigenvalue weighted by Gasteiger charge is -2.40. The molecule has 2 unspecified atom stereocenters. The summed E-state index contributed by atoms with van der Waals surface area (Å²) in [5.41, 5.74) is 2.21. The number of nitrogens with zero attached hydrogens (tertiary/aromatic N) is 4. The molecule has 1 saturated heterocycles. The van der Waals surface area contributed by atoms with Crippen LogP contribution in [0, 0.1) is 0 Å². The summed E-state index contributed by atoms with van der Waals surface area (Å²) in [5.74, 6) is 1.01. The van der Waals surface area contributed by atoms with Crippen LogP contribution in [0.1, 0.15) is 50.3 Å². The third-order valence-corrected chi connectivity index (χ3v) is 7.87.